The number of hydrogen-bond donors (Lipinski definition) is 1. The molecule has 0 saturated heterocycles. The quantitative estimate of drug-likeness (QED) is 0.750. The predicted molar refractivity (Wildman–Crippen MR) is 79.2 cm³/mol. The van der Waals surface area contributed by atoms with E-state index in [-0.39, 0.29) is 0 Å². The molecule has 0 saturated carbocycles. The van der Waals surface area contributed by atoms with Crippen LogP contribution in [0.3, 0.4) is 0 Å². The first-order valence-electron chi connectivity index (χ1n) is 7.06. The molecule has 0 amide bonds. The molecule has 0 aliphatic carbocycles. The van der Waals surface area contributed by atoms with Gasteiger partial charge in [0.2, 0.25) is 0 Å². The average molecular weight is 274 g/mol. The molecule has 1 aromatic carbocycles. The second kappa shape index (κ2) is 7.65. The SMILES string of the molecule is CC(C)CCNCCOc1ncn(-c2ccccc2)n1. The summed E-state index contributed by atoms with van der Waals surface area (Å²) in [6.45, 7) is 6.85. The Balaban J connectivity index is 1.71. The minimum absolute atomic E-state index is 0.416. The lowest BCUT2D eigenvalue weighted by Gasteiger charge is -2.06. The molecule has 1 aromatic heterocycles. The third-order valence-electron chi connectivity index (χ3n) is 2.90. The van der Waals surface area contributed by atoms with Gasteiger partial charge in [-0.3, -0.25) is 0 Å². The first kappa shape index (κ1) is 14.5. The number of rotatable bonds is 8. The Kier molecular flexibility index (Phi) is 5.55. The van der Waals surface area contributed by atoms with Crippen molar-refractivity contribution in [3.63, 3.8) is 0 Å². The van der Waals surface area contributed by atoms with Crippen molar-refractivity contribution in [2.75, 3.05) is 19.7 Å². The first-order chi connectivity index (χ1) is 9.75. The van der Waals surface area contributed by atoms with Crippen LogP contribution in [-0.2, 0) is 0 Å². The van der Waals surface area contributed by atoms with E-state index in [0.717, 1.165) is 24.7 Å². The molecule has 0 aliphatic heterocycles. The van der Waals surface area contributed by atoms with Crippen molar-refractivity contribution in [3.05, 3.63) is 36.7 Å². The van der Waals surface area contributed by atoms with Crippen molar-refractivity contribution in [1.29, 1.82) is 0 Å². The number of hydrogen-bond acceptors (Lipinski definition) is 4. The molecule has 0 spiro atoms. The van der Waals surface area contributed by atoms with Gasteiger partial charge in [0.1, 0.15) is 12.9 Å². The van der Waals surface area contributed by atoms with Gasteiger partial charge in [0, 0.05) is 6.54 Å². The van der Waals surface area contributed by atoms with Crippen LogP contribution >= 0.6 is 0 Å². The van der Waals surface area contributed by atoms with Crippen molar-refractivity contribution in [2.45, 2.75) is 20.3 Å². The van der Waals surface area contributed by atoms with Crippen LogP contribution in [0.2, 0.25) is 0 Å². The van der Waals surface area contributed by atoms with Crippen LogP contribution in [0.4, 0.5) is 0 Å². The Morgan fingerprint density at radius 1 is 1.20 bits per heavy atom. The fourth-order valence-electron chi connectivity index (χ4n) is 1.75. The molecule has 2 aromatic rings. The summed E-state index contributed by atoms with van der Waals surface area (Å²) in [7, 11) is 0. The molecular formula is C15H22N4O. The molecule has 1 N–H and O–H groups in total. The minimum Gasteiger partial charge on any atom is -0.461 e. The summed E-state index contributed by atoms with van der Waals surface area (Å²) in [6, 6.07) is 10.3. The van der Waals surface area contributed by atoms with E-state index in [4.69, 9.17) is 4.74 Å². The van der Waals surface area contributed by atoms with E-state index in [9.17, 15) is 0 Å². The van der Waals surface area contributed by atoms with Crippen LogP contribution in [-0.4, -0.2) is 34.5 Å². The van der Waals surface area contributed by atoms with Gasteiger partial charge in [0.25, 0.3) is 0 Å². The molecule has 0 bridgehead atoms. The van der Waals surface area contributed by atoms with Gasteiger partial charge >= 0.3 is 6.01 Å². The molecule has 5 nitrogen and oxygen atoms in total. The van der Waals surface area contributed by atoms with Gasteiger partial charge in [0.15, 0.2) is 0 Å². The number of benzene rings is 1. The predicted octanol–water partition coefficient (Wildman–Crippen LogP) is 2.28. The lowest BCUT2D eigenvalue weighted by Crippen LogP contribution is -2.23. The van der Waals surface area contributed by atoms with Gasteiger partial charge in [-0.1, -0.05) is 32.0 Å². The van der Waals surface area contributed by atoms with Crippen molar-refractivity contribution in [3.8, 4) is 11.7 Å². The Morgan fingerprint density at radius 3 is 2.75 bits per heavy atom. The number of nitrogens with one attached hydrogen (secondary N) is 1. The van der Waals surface area contributed by atoms with E-state index < -0.39 is 0 Å². The van der Waals surface area contributed by atoms with Gasteiger partial charge in [0.05, 0.1) is 5.69 Å². The van der Waals surface area contributed by atoms with E-state index in [1.165, 1.54) is 6.42 Å². The Bertz CT molecular complexity index is 496. The van der Waals surface area contributed by atoms with Crippen molar-refractivity contribution in [1.82, 2.24) is 20.1 Å². The molecule has 0 fully saturated rings. The van der Waals surface area contributed by atoms with Gasteiger partial charge < -0.3 is 10.1 Å². The van der Waals surface area contributed by atoms with Crippen LogP contribution in [0, 0.1) is 5.92 Å². The number of nitrogens with zero attached hydrogens (tertiary/aromatic N) is 3. The zero-order chi connectivity index (χ0) is 14.2. The van der Waals surface area contributed by atoms with Gasteiger partial charge in [-0.2, -0.15) is 4.98 Å². The van der Waals surface area contributed by atoms with Crippen molar-refractivity contribution < 1.29 is 4.74 Å². The van der Waals surface area contributed by atoms with Gasteiger partial charge in [-0.05, 0) is 31.0 Å². The Hall–Kier alpha value is -1.88. The third kappa shape index (κ3) is 4.66. The van der Waals surface area contributed by atoms with Crippen LogP contribution in [0.25, 0.3) is 5.69 Å². The highest BCUT2D eigenvalue weighted by atomic mass is 16.5. The molecule has 0 radical (unpaired) electrons. The summed E-state index contributed by atoms with van der Waals surface area (Å²) < 4.78 is 7.22. The fraction of sp³-hybridized carbons (Fsp3) is 0.467. The zero-order valence-corrected chi connectivity index (χ0v) is 12.1. The molecule has 20 heavy (non-hydrogen) atoms. The maximum atomic E-state index is 5.51. The summed E-state index contributed by atoms with van der Waals surface area (Å²) in [5, 5.41) is 7.62. The Labute approximate surface area is 120 Å². The molecule has 0 unspecified atom stereocenters. The van der Waals surface area contributed by atoms with Crippen LogP contribution in [0.15, 0.2) is 36.7 Å². The number of ether oxygens (including phenoxy) is 1. The first-order valence-corrected chi connectivity index (χ1v) is 7.06. The molecule has 0 atom stereocenters. The maximum Gasteiger partial charge on any atom is 0.335 e. The summed E-state index contributed by atoms with van der Waals surface area (Å²) in [4.78, 5) is 4.14. The highest BCUT2D eigenvalue weighted by Gasteiger charge is 2.03. The third-order valence-corrected chi connectivity index (χ3v) is 2.90. The largest absolute Gasteiger partial charge is 0.461 e. The summed E-state index contributed by atoms with van der Waals surface area (Å²) in [6.07, 6.45) is 2.84. The normalized spacial score (nSPS) is 10.9. The molecule has 1 heterocycles. The summed E-state index contributed by atoms with van der Waals surface area (Å²) >= 11 is 0. The van der Waals surface area contributed by atoms with Crippen LogP contribution < -0.4 is 10.1 Å². The zero-order valence-electron chi connectivity index (χ0n) is 12.1. The fourth-order valence-corrected chi connectivity index (χ4v) is 1.75. The minimum atomic E-state index is 0.416. The standard InChI is InChI=1S/C15H22N4O/c1-13(2)8-9-16-10-11-20-15-17-12-19(18-15)14-6-4-3-5-7-14/h3-7,12-13,16H,8-11H2,1-2H3. The van der Waals surface area contributed by atoms with Crippen molar-refractivity contribution in [2.24, 2.45) is 5.92 Å². The highest BCUT2D eigenvalue weighted by Crippen LogP contribution is 2.07. The van der Waals surface area contributed by atoms with Crippen LogP contribution in [0.5, 0.6) is 6.01 Å². The molecule has 2 rings (SSSR count). The maximum absolute atomic E-state index is 5.51. The monoisotopic (exact) mass is 274 g/mol. The summed E-state index contributed by atoms with van der Waals surface area (Å²) in [5.41, 5.74) is 0.977. The van der Waals surface area contributed by atoms with Gasteiger partial charge in [-0.25, -0.2) is 4.68 Å². The number of para-hydroxylation sites is 1. The lowest BCUT2D eigenvalue weighted by atomic mass is 10.1. The molecule has 5 heteroatoms. The van der Waals surface area contributed by atoms with Crippen molar-refractivity contribution >= 4 is 0 Å². The second-order valence-electron chi connectivity index (χ2n) is 5.09. The Morgan fingerprint density at radius 2 is 2.00 bits per heavy atom. The van der Waals surface area contributed by atoms with E-state index in [0.29, 0.717) is 12.6 Å². The number of aromatic nitrogens is 3. The van der Waals surface area contributed by atoms with E-state index in [1.807, 2.05) is 30.3 Å². The van der Waals surface area contributed by atoms with Crippen LogP contribution in [0.1, 0.15) is 20.3 Å². The summed E-state index contributed by atoms with van der Waals surface area (Å²) in [5.74, 6) is 0.728. The molecular weight excluding hydrogens is 252 g/mol. The van der Waals surface area contributed by atoms with Gasteiger partial charge in [-0.15, -0.1) is 5.10 Å². The highest BCUT2D eigenvalue weighted by molar-refractivity contribution is 5.29. The molecule has 0 aliphatic rings. The smallest absolute Gasteiger partial charge is 0.335 e. The topological polar surface area (TPSA) is 52.0 Å². The van der Waals surface area contributed by atoms with E-state index in [2.05, 4.69) is 29.2 Å². The second-order valence-corrected chi connectivity index (χ2v) is 5.09. The lowest BCUT2D eigenvalue weighted by molar-refractivity contribution is 0.289. The average Bonchev–Trinajstić information content (AvgIpc) is 2.92. The van der Waals surface area contributed by atoms with E-state index in [1.54, 1.807) is 11.0 Å². The van der Waals surface area contributed by atoms with E-state index >= 15 is 0 Å². The molecule has 108 valence electrons.